The lowest BCUT2D eigenvalue weighted by Crippen LogP contribution is -2.42. The topological polar surface area (TPSA) is 98.6 Å². The first kappa shape index (κ1) is 20.0. The van der Waals surface area contributed by atoms with Crippen molar-refractivity contribution in [2.24, 2.45) is 0 Å². The van der Waals surface area contributed by atoms with Gasteiger partial charge in [-0.15, -0.1) is 0 Å². The third-order valence-corrected chi connectivity index (χ3v) is 4.24. The number of aromatic nitrogens is 2. The van der Waals surface area contributed by atoms with Crippen LogP contribution in [-0.4, -0.2) is 15.9 Å². The Kier molecular flexibility index (Phi) is 5.07. The Morgan fingerprint density at radius 3 is 2.69 bits per heavy atom. The summed E-state index contributed by atoms with van der Waals surface area (Å²) in [7, 11) is 0. The van der Waals surface area contributed by atoms with Crippen LogP contribution in [0, 0.1) is 23.0 Å². The number of carbonyl (C=O) groups is 1. The van der Waals surface area contributed by atoms with E-state index in [1.165, 1.54) is 25.3 Å². The van der Waals surface area contributed by atoms with Gasteiger partial charge in [-0.05, 0) is 37.3 Å². The number of nitrogens with zero attached hydrogens (tertiary/aromatic N) is 2. The summed E-state index contributed by atoms with van der Waals surface area (Å²) < 4.78 is 56.7. The van der Waals surface area contributed by atoms with Crippen LogP contribution < -0.4 is 10.9 Å². The number of amides is 1. The highest BCUT2D eigenvalue weighted by molar-refractivity contribution is 5.87. The van der Waals surface area contributed by atoms with Crippen LogP contribution in [0.5, 0.6) is 0 Å². The van der Waals surface area contributed by atoms with Crippen LogP contribution in [-0.2, 0) is 10.7 Å². The molecule has 2 N–H and O–H groups in total. The predicted octanol–water partition coefficient (Wildman–Crippen LogP) is 3.04. The van der Waals surface area contributed by atoms with E-state index in [0.717, 1.165) is 12.1 Å². The molecule has 3 aromatic rings. The largest absolute Gasteiger partial charge is 0.355 e. The number of nitriles is 1. The van der Waals surface area contributed by atoms with E-state index in [0.29, 0.717) is 6.07 Å². The minimum absolute atomic E-state index is 0.147. The highest BCUT2D eigenvalue weighted by atomic mass is 19.3. The lowest BCUT2D eigenvalue weighted by atomic mass is 10.1. The van der Waals surface area contributed by atoms with Crippen molar-refractivity contribution in [1.82, 2.24) is 15.3 Å². The van der Waals surface area contributed by atoms with Crippen molar-refractivity contribution < 1.29 is 22.4 Å². The molecule has 0 saturated carbocycles. The van der Waals surface area contributed by atoms with Gasteiger partial charge in [0.15, 0.2) is 11.6 Å². The number of pyridine rings is 2. The summed E-state index contributed by atoms with van der Waals surface area (Å²) in [6.07, 6.45) is 1.28. The van der Waals surface area contributed by atoms with Crippen molar-refractivity contribution in [3.63, 3.8) is 0 Å². The minimum atomic E-state index is -4.35. The van der Waals surface area contributed by atoms with Crippen molar-refractivity contribution in [2.75, 3.05) is 0 Å². The van der Waals surface area contributed by atoms with Crippen molar-refractivity contribution >= 4 is 16.8 Å². The lowest BCUT2D eigenvalue weighted by molar-refractivity contribution is -0.148. The summed E-state index contributed by atoms with van der Waals surface area (Å²) in [4.78, 5) is 30.1. The van der Waals surface area contributed by atoms with Crippen LogP contribution in [0.4, 0.5) is 17.6 Å². The zero-order chi connectivity index (χ0) is 21.3. The standard InChI is InChI=1S/C19H12F4N4O2/c1-9(15-6-10(8-24)4-5-25-15)26-18(29)19(22,23)12-7-11-14(27-17(12)28)3-2-13(20)16(11)21/h2-7,9H,1H3,(H,26,29)(H,27,28)/t9-/m0/s1. The minimum Gasteiger partial charge on any atom is -0.342 e. The normalized spacial score (nSPS) is 12.4. The number of benzene rings is 1. The SMILES string of the molecule is C[C@H](NC(=O)C(F)(F)c1cc2c(F)c(F)ccc2[nH]c1=O)c1cc(C#N)ccn1. The smallest absolute Gasteiger partial charge is 0.342 e. The molecule has 0 aliphatic rings. The monoisotopic (exact) mass is 404 g/mol. The number of aromatic amines is 1. The summed E-state index contributed by atoms with van der Waals surface area (Å²) in [5, 5.41) is 10.3. The van der Waals surface area contributed by atoms with Gasteiger partial charge in [0.05, 0.1) is 34.4 Å². The molecule has 0 spiro atoms. The van der Waals surface area contributed by atoms with Gasteiger partial charge in [0, 0.05) is 11.6 Å². The Morgan fingerprint density at radius 1 is 1.28 bits per heavy atom. The van der Waals surface area contributed by atoms with Crippen molar-refractivity contribution in [3.8, 4) is 6.07 Å². The third kappa shape index (κ3) is 3.67. The molecule has 1 aromatic carbocycles. The maximum atomic E-state index is 14.7. The van der Waals surface area contributed by atoms with Gasteiger partial charge in [0.25, 0.3) is 11.5 Å². The van der Waals surface area contributed by atoms with Crippen LogP contribution in [0.2, 0.25) is 0 Å². The molecule has 2 heterocycles. The molecule has 0 aliphatic carbocycles. The summed E-state index contributed by atoms with van der Waals surface area (Å²) in [5.74, 6) is -8.90. The Balaban J connectivity index is 1.96. The lowest BCUT2D eigenvalue weighted by Gasteiger charge is -2.20. The average Bonchev–Trinajstić information content (AvgIpc) is 2.70. The maximum absolute atomic E-state index is 14.7. The van der Waals surface area contributed by atoms with E-state index in [1.54, 1.807) is 0 Å². The fraction of sp³-hybridized carbons (Fsp3) is 0.158. The average molecular weight is 404 g/mol. The summed E-state index contributed by atoms with van der Waals surface area (Å²) in [6, 6.07) is 5.75. The number of carbonyl (C=O) groups excluding carboxylic acids is 1. The number of hydrogen-bond donors (Lipinski definition) is 2. The number of hydrogen-bond acceptors (Lipinski definition) is 4. The molecule has 3 rings (SSSR count). The molecule has 0 saturated heterocycles. The molecule has 0 radical (unpaired) electrons. The van der Waals surface area contributed by atoms with E-state index in [2.05, 4.69) is 4.98 Å². The number of rotatable bonds is 4. The van der Waals surface area contributed by atoms with Gasteiger partial charge in [-0.2, -0.15) is 14.0 Å². The zero-order valence-corrected chi connectivity index (χ0v) is 14.8. The fourth-order valence-electron chi connectivity index (χ4n) is 2.69. The molecule has 1 atom stereocenters. The van der Waals surface area contributed by atoms with Gasteiger partial charge < -0.3 is 10.3 Å². The van der Waals surface area contributed by atoms with E-state index < -0.39 is 46.0 Å². The Bertz CT molecular complexity index is 1220. The molecule has 0 fully saturated rings. The molecule has 6 nitrogen and oxygen atoms in total. The second-order valence-corrected chi connectivity index (χ2v) is 6.19. The number of halogens is 4. The Labute approximate surface area is 160 Å². The van der Waals surface area contributed by atoms with Crippen molar-refractivity contribution in [2.45, 2.75) is 18.9 Å². The molecule has 0 aliphatic heterocycles. The van der Waals surface area contributed by atoms with Gasteiger partial charge in [-0.1, -0.05) is 0 Å². The van der Waals surface area contributed by atoms with Crippen molar-refractivity contribution in [1.29, 1.82) is 5.26 Å². The molecule has 0 bridgehead atoms. The highest BCUT2D eigenvalue weighted by Crippen LogP contribution is 2.29. The first-order chi connectivity index (χ1) is 13.6. The van der Waals surface area contributed by atoms with Gasteiger partial charge >= 0.3 is 5.92 Å². The van der Waals surface area contributed by atoms with Crippen LogP contribution in [0.25, 0.3) is 10.9 Å². The predicted molar refractivity (Wildman–Crippen MR) is 93.9 cm³/mol. The van der Waals surface area contributed by atoms with E-state index in [4.69, 9.17) is 5.26 Å². The number of alkyl halides is 2. The molecule has 0 unspecified atom stereocenters. The van der Waals surface area contributed by atoms with Gasteiger partial charge in [0.2, 0.25) is 0 Å². The van der Waals surface area contributed by atoms with Crippen LogP contribution in [0.15, 0.2) is 41.3 Å². The van der Waals surface area contributed by atoms with Crippen LogP contribution >= 0.6 is 0 Å². The van der Waals surface area contributed by atoms with E-state index >= 15 is 0 Å². The third-order valence-electron chi connectivity index (χ3n) is 4.24. The van der Waals surface area contributed by atoms with Crippen molar-refractivity contribution in [3.05, 3.63) is 75.3 Å². The molecule has 2 aromatic heterocycles. The molecule has 10 heteroatoms. The zero-order valence-electron chi connectivity index (χ0n) is 14.8. The number of H-pyrrole nitrogens is 1. The molecule has 148 valence electrons. The summed E-state index contributed by atoms with van der Waals surface area (Å²) in [5.41, 5.74) is -2.49. The molecule has 1 amide bonds. The first-order valence-electron chi connectivity index (χ1n) is 8.21. The van der Waals surface area contributed by atoms with E-state index in [1.807, 2.05) is 16.4 Å². The van der Waals surface area contributed by atoms with Crippen LogP contribution in [0.3, 0.4) is 0 Å². The van der Waals surface area contributed by atoms with Gasteiger partial charge in [-0.3, -0.25) is 14.6 Å². The highest BCUT2D eigenvalue weighted by Gasteiger charge is 2.44. The van der Waals surface area contributed by atoms with Gasteiger partial charge in [-0.25, -0.2) is 8.78 Å². The fourth-order valence-corrected chi connectivity index (χ4v) is 2.69. The maximum Gasteiger partial charge on any atom is 0.355 e. The first-order valence-corrected chi connectivity index (χ1v) is 8.21. The quantitative estimate of drug-likeness (QED) is 0.653. The molecule has 29 heavy (non-hydrogen) atoms. The van der Waals surface area contributed by atoms with E-state index in [9.17, 15) is 27.2 Å². The Morgan fingerprint density at radius 2 is 2.00 bits per heavy atom. The molecular formula is C19H12F4N4O2. The van der Waals surface area contributed by atoms with E-state index in [-0.39, 0.29) is 16.8 Å². The Hall–Kier alpha value is -3.74. The second kappa shape index (κ2) is 7.35. The molecular weight excluding hydrogens is 392 g/mol. The number of fused-ring (bicyclic) bond motifs is 1. The summed E-state index contributed by atoms with van der Waals surface area (Å²) in [6.45, 7) is 1.36. The second-order valence-electron chi connectivity index (χ2n) is 6.19. The number of nitrogens with one attached hydrogen (secondary N) is 2. The van der Waals surface area contributed by atoms with Gasteiger partial charge in [0.1, 0.15) is 0 Å². The van der Waals surface area contributed by atoms with Crippen LogP contribution in [0.1, 0.15) is 29.8 Å². The summed E-state index contributed by atoms with van der Waals surface area (Å²) >= 11 is 0.